The molecule has 17 heavy (non-hydrogen) atoms. The predicted molar refractivity (Wildman–Crippen MR) is 72.7 cm³/mol. The SMILES string of the molecule is C[C@H](N)c1cc(Cl)ccc1OCc1cccs1. The predicted octanol–water partition coefficient (Wildman–Crippen LogP) is 4.00. The minimum absolute atomic E-state index is 0.0907. The molecule has 2 rings (SSSR count). The van der Waals surface area contributed by atoms with E-state index in [0.717, 1.165) is 11.3 Å². The van der Waals surface area contributed by atoms with Crippen LogP contribution in [-0.4, -0.2) is 0 Å². The lowest BCUT2D eigenvalue weighted by atomic mass is 10.1. The second-order valence-electron chi connectivity index (χ2n) is 3.84. The summed E-state index contributed by atoms with van der Waals surface area (Å²) in [5, 5.41) is 2.72. The van der Waals surface area contributed by atoms with Crippen LogP contribution in [0.1, 0.15) is 23.4 Å². The Labute approximate surface area is 110 Å². The van der Waals surface area contributed by atoms with Gasteiger partial charge in [0.15, 0.2) is 0 Å². The molecule has 2 nitrogen and oxygen atoms in total. The van der Waals surface area contributed by atoms with Crippen molar-refractivity contribution >= 4 is 22.9 Å². The maximum Gasteiger partial charge on any atom is 0.124 e. The number of halogens is 1. The molecule has 90 valence electrons. The van der Waals surface area contributed by atoms with Crippen LogP contribution in [0.25, 0.3) is 0 Å². The maximum absolute atomic E-state index is 5.95. The quantitative estimate of drug-likeness (QED) is 0.909. The largest absolute Gasteiger partial charge is 0.488 e. The first-order chi connectivity index (χ1) is 8.16. The molecule has 2 N–H and O–H groups in total. The summed E-state index contributed by atoms with van der Waals surface area (Å²) in [5.41, 5.74) is 6.84. The van der Waals surface area contributed by atoms with E-state index in [1.54, 1.807) is 11.3 Å². The van der Waals surface area contributed by atoms with Gasteiger partial charge in [0.25, 0.3) is 0 Å². The van der Waals surface area contributed by atoms with Crippen molar-refractivity contribution in [3.05, 3.63) is 51.2 Å². The lowest BCUT2D eigenvalue weighted by molar-refractivity contribution is 0.305. The van der Waals surface area contributed by atoms with E-state index in [9.17, 15) is 0 Å². The van der Waals surface area contributed by atoms with Gasteiger partial charge in [-0.15, -0.1) is 11.3 Å². The fourth-order valence-corrected chi connectivity index (χ4v) is 2.35. The molecule has 0 fully saturated rings. The summed E-state index contributed by atoms with van der Waals surface area (Å²) in [7, 11) is 0. The molecule has 1 atom stereocenters. The number of nitrogens with two attached hydrogens (primary N) is 1. The van der Waals surface area contributed by atoms with Gasteiger partial charge in [0, 0.05) is 21.5 Å². The van der Waals surface area contributed by atoms with Crippen molar-refractivity contribution in [1.82, 2.24) is 0 Å². The zero-order chi connectivity index (χ0) is 12.3. The van der Waals surface area contributed by atoms with Crippen LogP contribution in [0, 0.1) is 0 Å². The lowest BCUT2D eigenvalue weighted by Crippen LogP contribution is -2.07. The fraction of sp³-hybridized carbons (Fsp3) is 0.231. The maximum atomic E-state index is 5.95. The normalized spacial score (nSPS) is 12.4. The Balaban J connectivity index is 2.14. The Bertz CT molecular complexity index is 482. The second kappa shape index (κ2) is 5.54. The smallest absolute Gasteiger partial charge is 0.124 e. The highest BCUT2D eigenvalue weighted by atomic mass is 35.5. The van der Waals surface area contributed by atoms with Crippen molar-refractivity contribution in [2.24, 2.45) is 5.73 Å². The highest BCUT2D eigenvalue weighted by Gasteiger charge is 2.09. The number of thiophene rings is 1. The zero-order valence-electron chi connectivity index (χ0n) is 9.52. The van der Waals surface area contributed by atoms with E-state index in [1.807, 2.05) is 42.6 Å². The topological polar surface area (TPSA) is 35.2 Å². The highest BCUT2D eigenvalue weighted by Crippen LogP contribution is 2.28. The average molecular weight is 268 g/mol. The molecule has 4 heteroatoms. The van der Waals surface area contributed by atoms with Gasteiger partial charge in [0.05, 0.1) is 0 Å². The van der Waals surface area contributed by atoms with Crippen LogP contribution >= 0.6 is 22.9 Å². The van der Waals surface area contributed by atoms with Crippen LogP contribution in [0.2, 0.25) is 5.02 Å². The van der Waals surface area contributed by atoms with Crippen LogP contribution in [0.5, 0.6) is 5.75 Å². The third-order valence-corrected chi connectivity index (χ3v) is 3.50. The van der Waals surface area contributed by atoms with Gasteiger partial charge < -0.3 is 10.5 Å². The first kappa shape index (κ1) is 12.4. The number of hydrogen-bond donors (Lipinski definition) is 1. The molecule has 0 unspecified atom stereocenters. The highest BCUT2D eigenvalue weighted by molar-refractivity contribution is 7.09. The number of hydrogen-bond acceptors (Lipinski definition) is 3. The van der Waals surface area contributed by atoms with Crippen molar-refractivity contribution < 1.29 is 4.74 Å². The zero-order valence-corrected chi connectivity index (χ0v) is 11.1. The van der Waals surface area contributed by atoms with Crippen LogP contribution in [0.4, 0.5) is 0 Å². The molecule has 0 aliphatic rings. The standard InChI is InChI=1S/C13H14ClNOS/c1-9(15)12-7-10(14)4-5-13(12)16-8-11-3-2-6-17-11/h2-7,9H,8,15H2,1H3/t9-/m0/s1. The molecule has 1 aromatic carbocycles. The first-order valence-corrected chi connectivity index (χ1v) is 6.63. The van der Waals surface area contributed by atoms with Crippen molar-refractivity contribution in [2.45, 2.75) is 19.6 Å². The van der Waals surface area contributed by atoms with Gasteiger partial charge in [-0.3, -0.25) is 0 Å². The molecule has 0 amide bonds. The summed E-state index contributed by atoms with van der Waals surface area (Å²) >= 11 is 7.63. The first-order valence-electron chi connectivity index (χ1n) is 5.37. The Morgan fingerprint density at radius 2 is 2.24 bits per heavy atom. The van der Waals surface area contributed by atoms with Crippen molar-refractivity contribution in [1.29, 1.82) is 0 Å². The van der Waals surface area contributed by atoms with E-state index in [1.165, 1.54) is 4.88 Å². The minimum atomic E-state index is -0.0907. The second-order valence-corrected chi connectivity index (χ2v) is 5.31. The molecular formula is C13H14ClNOS. The van der Waals surface area contributed by atoms with Crippen LogP contribution in [0.15, 0.2) is 35.7 Å². The summed E-state index contributed by atoms with van der Waals surface area (Å²) < 4.78 is 5.77. The van der Waals surface area contributed by atoms with E-state index >= 15 is 0 Å². The summed E-state index contributed by atoms with van der Waals surface area (Å²) in [6.45, 7) is 2.49. The van der Waals surface area contributed by atoms with E-state index in [0.29, 0.717) is 11.6 Å². The van der Waals surface area contributed by atoms with E-state index < -0.39 is 0 Å². The van der Waals surface area contributed by atoms with Crippen molar-refractivity contribution in [2.75, 3.05) is 0 Å². The molecule has 0 radical (unpaired) electrons. The fourth-order valence-electron chi connectivity index (χ4n) is 1.55. The van der Waals surface area contributed by atoms with E-state index in [4.69, 9.17) is 22.1 Å². The molecule has 2 aromatic rings. The van der Waals surface area contributed by atoms with E-state index in [2.05, 4.69) is 0 Å². The molecule has 0 aliphatic carbocycles. The Kier molecular flexibility index (Phi) is 4.05. The summed E-state index contributed by atoms with van der Waals surface area (Å²) in [5.74, 6) is 0.804. The van der Waals surface area contributed by atoms with Gasteiger partial charge in [-0.25, -0.2) is 0 Å². The van der Waals surface area contributed by atoms with Gasteiger partial charge in [-0.05, 0) is 36.6 Å². The van der Waals surface area contributed by atoms with E-state index in [-0.39, 0.29) is 6.04 Å². The Morgan fingerprint density at radius 3 is 2.88 bits per heavy atom. The molecule has 0 bridgehead atoms. The lowest BCUT2D eigenvalue weighted by Gasteiger charge is -2.13. The van der Waals surface area contributed by atoms with Crippen LogP contribution < -0.4 is 10.5 Å². The monoisotopic (exact) mass is 267 g/mol. The number of benzene rings is 1. The van der Waals surface area contributed by atoms with Gasteiger partial charge >= 0.3 is 0 Å². The molecule has 0 saturated heterocycles. The Hall–Kier alpha value is -1.03. The molecule has 1 aromatic heterocycles. The van der Waals surface area contributed by atoms with Gasteiger partial charge in [0.2, 0.25) is 0 Å². The average Bonchev–Trinajstić information content (AvgIpc) is 2.80. The van der Waals surface area contributed by atoms with Gasteiger partial charge in [-0.2, -0.15) is 0 Å². The molecule has 0 spiro atoms. The summed E-state index contributed by atoms with van der Waals surface area (Å²) in [6.07, 6.45) is 0. The van der Waals surface area contributed by atoms with Crippen molar-refractivity contribution in [3.8, 4) is 5.75 Å². The van der Waals surface area contributed by atoms with Gasteiger partial charge in [0.1, 0.15) is 12.4 Å². The number of ether oxygens (including phenoxy) is 1. The Morgan fingerprint density at radius 1 is 1.41 bits per heavy atom. The minimum Gasteiger partial charge on any atom is -0.488 e. The van der Waals surface area contributed by atoms with Crippen LogP contribution in [-0.2, 0) is 6.61 Å². The third-order valence-electron chi connectivity index (χ3n) is 2.41. The third kappa shape index (κ3) is 3.22. The molecule has 1 heterocycles. The summed E-state index contributed by atoms with van der Waals surface area (Å²) in [6, 6.07) is 9.51. The molecular weight excluding hydrogens is 254 g/mol. The molecule has 0 aliphatic heterocycles. The van der Waals surface area contributed by atoms with Crippen LogP contribution in [0.3, 0.4) is 0 Å². The number of rotatable bonds is 4. The van der Waals surface area contributed by atoms with Crippen molar-refractivity contribution in [3.63, 3.8) is 0 Å². The summed E-state index contributed by atoms with van der Waals surface area (Å²) in [4.78, 5) is 1.19. The van der Waals surface area contributed by atoms with Gasteiger partial charge in [-0.1, -0.05) is 17.7 Å². The molecule has 0 saturated carbocycles.